The quantitative estimate of drug-likeness (QED) is 0.697. The van der Waals surface area contributed by atoms with Gasteiger partial charge in [-0.25, -0.2) is 0 Å². The summed E-state index contributed by atoms with van der Waals surface area (Å²) in [5.41, 5.74) is 3.52. The number of carbonyl (C=O) groups excluding carboxylic acids is 1. The van der Waals surface area contributed by atoms with Crippen molar-refractivity contribution in [1.29, 1.82) is 0 Å². The first-order valence-corrected chi connectivity index (χ1v) is 10.2. The fourth-order valence-corrected chi connectivity index (χ4v) is 4.23. The van der Waals surface area contributed by atoms with E-state index >= 15 is 0 Å². The Morgan fingerprint density at radius 1 is 1.14 bits per heavy atom. The number of benzene rings is 2. The van der Waals surface area contributed by atoms with Crippen LogP contribution in [0.2, 0.25) is 0 Å². The van der Waals surface area contributed by atoms with E-state index in [9.17, 15) is 4.79 Å². The van der Waals surface area contributed by atoms with Gasteiger partial charge >= 0.3 is 5.97 Å². The van der Waals surface area contributed by atoms with Crippen LogP contribution in [0.25, 0.3) is 0 Å². The highest BCUT2D eigenvalue weighted by Crippen LogP contribution is 2.33. The molecular formula is C24H32N2O3. The van der Waals surface area contributed by atoms with E-state index in [2.05, 4.69) is 48.7 Å². The molecule has 0 saturated carbocycles. The van der Waals surface area contributed by atoms with Gasteiger partial charge in [0.1, 0.15) is 5.75 Å². The summed E-state index contributed by atoms with van der Waals surface area (Å²) in [6.45, 7) is 7.01. The molecule has 1 aliphatic heterocycles. The minimum absolute atomic E-state index is 0.00838. The summed E-state index contributed by atoms with van der Waals surface area (Å²) < 4.78 is 10.7. The van der Waals surface area contributed by atoms with E-state index in [1.54, 1.807) is 7.11 Å². The summed E-state index contributed by atoms with van der Waals surface area (Å²) >= 11 is 0. The van der Waals surface area contributed by atoms with E-state index in [-0.39, 0.29) is 30.0 Å². The van der Waals surface area contributed by atoms with Gasteiger partial charge in [-0.3, -0.25) is 4.79 Å². The molecule has 0 amide bonds. The van der Waals surface area contributed by atoms with Gasteiger partial charge in [0.25, 0.3) is 0 Å². The lowest BCUT2D eigenvalue weighted by atomic mass is 9.90. The summed E-state index contributed by atoms with van der Waals surface area (Å²) in [5.74, 6) is 0.827. The molecule has 0 radical (unpaired) electrons. The van der Waals surface area contributed by atoms with Crippen LogP contribution in [0.3, 0.4) is 0 Å². The molecule has 5 nitrogen and oxygen atoms in total. The van der Waals surface area contributed by atoms with Crippen LogP contribution in [0.4, 0.5) is 0 Å². The molecule has 4 atom stereocenters. The molecule has 1 heterocycles. The number of rotatable bonds is 7. The van der Waals surface area contributed by atoms with Gasteiger partial charge in [0.2, 0.25) is 0 Å². The maximum absolute atomic E-state index is 12.6. The van der Waals surface area contributed by atoms with Crippen molar-refractivity contribution >= 4 is 5.97 Å². The van der Waals surface area contributed by atoms with Gasteiger partial charge in [0, 0.05) is 30.2 Å². The molecule has 0 bridgehead atoms. The van der Waals surface area contributed by atoms with Crippen LogP contribution in [-0.4, -0.2) is 32.3 Å². The van der Waals surface area contributed by atoms with Crippen LogP contribution in [0, 0.1) is 5.92 Å². The first-order valence-electron chi connectivity index (χ1n) is 10.2. The maximum Gasteiger partial charge on any atom is 0.311 e. The molecular weight excluding hydrogens is 364 g/mol. The third-order valence-electron chi connectivity index (χ3n) is 5.86. The number of hydrogen-bond acceptors (Lipinski definition) is 5. The summed E-state index contributed by atoms with van der Waals surface area (Å²) in [4.78, 5) is 12.6. The molecule has 2 aromatic carbocycles. The van der Waals surface area contributed by atoms with Crippen LogP contribution < -0.4 is 15.4 Å². The lowest BCUT2D eigenvalue weighted by molar-refractivity contribution is -0.146. The van der Waals surface area contributed by atoms with E-state index in [4.69, 9.17) is 9.47 Å². The molecule has 1 saturated heterocycles. The normalized spacial score (nSPS) is 23.9. The monoisotopic (exact) mass is 396 g/mol. The van der Waals surface area contributed by atoms with Crippen LogP contribution in [-0.2, 0) is 16.1 Å². The Labute approximate surface area is 173 Å². The lowest BCUT2D eigenvalue weighted by Crippen LogP contribution is -2.42. The molecule has 1 fully saturated rings. The van der Waals surface area contributed by atoms with Crippen molar-refractivity contribution in [1.82, 2.24) is 10.6 Å². The molecule has 5 heteroatoms. The molecule has 0 aliphatic carbocycles. The molecule has 2 N–H and O–H groups in total. The second kappa shape index (κ2) is 9.42. The zero-order valence-corrected chi connectivity index (χ0v) is 17.9. The van der Waals surface area contributed by atoms with Crippen molar-refractivity contribution < 1.29 is 14.3 Å². The second-order valence-corrected chi connectivity index (χ2v) is 8.03. The molecule has 0 aromatic heterocycles. The first-order chi connectivity index (χ1) is 14.0. The van der Waals surface area contributed by atoms with Gasteiger partial charge in [-0.1, -0.05) is 56.3 Å². The van der Waals surface area contributed by atoms with E-state index in [1.165, 1.54) is 12.7 Å². The minimum Gasteiger partial charge on any atom is -0.496 e. The Kier molecular flexibility index (Phi) is 6.93. The lowest BCUT2D eigenvalue weighted by Gasteiger charge is -2.25. The molecule has 3 rings (SSSR count). The van der Waals surface area contributed by atoms with Crippen LogP contribution in [0.15, 0.2) is 48.5 Å². The molecule has 0 spiro atoms. The first kappa shape index (κ1) is 21.3. The van der Waals surface area contributed by atoms with Crippen molar-refractivity contribution in [3.05, 3.63) is 65.2 Å². The smallest absolute Gasteiger partial charge is 0.311 e. The fraction of sp³-hybridized carbons (Fsp3) is 0.458. The fourth-order valence-electron chi connectivity index (χ4n) is 4.23. The number of methoxy groups -OCH3 is 2. The number of carbonyl (C=O) groups is 1. The van der Waals surface area contributed by atoms with Crippen molar-refractivity contribution in [3.8, 4) is 5.75 Å². The van der Waals surface area contributed by atoms with Crippen LogP contribution in [0.5, 0.6) is 5.75 Å². The predicted octanol–water partition coefficient (Wildman–Crippen LogP) is 3.80. The van der Waals surface area contributed by atoms with Crippen LogP contribution in [0.1, 0.15) is 49.4 Å². The van der Waals surface area contributed by atoms with Gasteiger partial charge in [-0.2, -0.15) is 0 Å². The largest absolute Gasteiger partial charge is 0.496 e. The average Bonchev–Trinajstić information content (AvgIpc) is 3.08. The topological polar surface area (TPSA) is 59.6 Å². The van der Waals surface area contributed by atoms with Crippen molar-refractivity contribution in [2.45, 2.75) is 51.4 Å². The number of nitrogens with one attached hydrogen (secondary N) is 2. The summed E-state index contributed by atoms with van der Waals surface area (Å²) in [6.07, 6.45) is 0. The van der Waals surface area contributed by atoms with Gasteiger partial charge in [0.05, 0.1) is 20.1 Å². The number of esters is 1. The molecule has 2 aromatic rings. The molecule has 156 valence electrons. The standard InChI is InChI=1S/C24H32N2O3/c1-15(2)18-11-12-20(28-4)19(13-18)14-25-23-21(24(27)29-5)16(3)26-22(23)17-9-7-6-8-10-17/h6-13,15-16,21-23,25-26H,14H2,1-5H3/t16-,21-,22-,23+/m0/s1. The summed E-state index contributed by atoms with van der Waals surface area (Å²) in [5, 5.41) is 7.23. The van der Waals surface area contributed by atoms with Crippen LogP contribution >= 0.6 is 0 Å². The minimum atomic E-state index is -0.274. The van der Waals surface area contributed by atoms with E-state index in [1.807, 2.05) is 31.2 Å². The molecule has 0 unspecified atom stereocenters. The Bertz CT molecular complexity index is 822. The highest BCUT2D eigenvalue weighted by Gasteiger charge is 2.45. The Balaban J connectivity index is 1.88. The zero-order chi connectivity index (χ0) is 21.0. The third kappa shape index (κ3) is 4.62. The highest BCUT2D eigenvalue weighted by atomic mass is 16.5. The Morgan fingerprint density at radius 3 is 2.48 bits per heavy atom. The Hall–Kier alpha value is -2.37. The number of hydrogen-bond donors (Lipinski definition) is 2. The molecule has 29 heavy (non-hydrogen) atoms. The maximum atomic E-state index is 12.6. The van der Waals surface area contributed by atoms with Crippen molar-refractivity contribution in [2.75, 3.05) is 14.2 Å². The Morgan fingerprint density at radius 2 is 1.86 bits per heavy atom. The van der Waals surface area contributed by atoms with E-state index < -0.39 is 0 Å². The molecule has 1 aliphatic rings. The zero-order valence-electron chi connectivity index (χ0n) is 17.9. The van der Waals surface area contributed by atoms with E-state index in [0.717, 1.165) is 16.9 Å². The van der Waals surface area contributed by atoms with Gasteiger partial charge in [-0.05, 0) is 30.0 Å². The van der Waals surface area contributed by atoms with Gasteiger partial charge in [0.15, 0.2) is 0 Å². The van der Waals surface area contributed by atoms with Gasteiger partial charge in [-0.15, -0.1) is 0 Å². The SMILES string of the molecule is COC(=O)[C@@H]1[C@@H](NCc2cc(C(C)C)ccc2OC)[C@H](c2ccccc2)N[C@H]1C. The number of ether oxygens (including phenoxy) is 2. The third-order valence-corrected chi connectivity index (χ3v) is 5.86. The predicted molar refractivity (Wildman–Crippen MR) is 115 cm³/mol. The van der Waals surface area contributed by atoms with Crippen molar-refractivity contribution in [3.63, 3.8) is 0 Å². The van der Waals surface area contributed by atoms with E-state index in [0.29, 0.717) is 12.5 Å². The summed E-state index contributed by atoms with van der Waals surface area (Å²) in [7, 11) is 3.15. The van der Waals surface area contributed by atoms with Crippen molar-refractivity contribution in [2.24, 2.45) is 5.92 Å². The highest BCUT2D eigenvalue weighted by molar-refractivity contribution is 5.75. The second-order valence-electron chi connectivity index (χ2n) is 8.03. The van der Waals surface area contributed by atoms with Gasteiger partial charge < -0.3 is 20.1 Å². The summed E-state index contributed by atoms with van der Waals surface area (Å²) in [6, 6.07) is 16.5. The average molecular weight is 397 g/mol.